The first-order chi connectivity index (χ1) is 22.8. The van der Waals surface area contributed by atoms with E-state index in [1.807, 2.05) is 61.5 Å². The number of carbonyl (C=O) groups excluding carboxylic acids is 5. The Labute approximate surface area is 294 Å². The van der Waals surface area contributed by atoms with Crippen LogP contribution in [0.15, 0.2) is 17.3 Å². The Morgan fingerprint density at radius 2 is 1.78 bits per heavy atom. The Bertz CT molecular complexity index is 1510. The average molecular weight is 702 g/mol. The van der Waals surface area contributed by atoms with E-state index in [2.05, 4.69) is 21.1 Å². The normalized spacial score (nSPS) is 21.8. The monoisotopic (exact) mass is 701 g/mol. The van der Waals surface area contributed by atoms with E-state index in [9.17, 15) is 24.0 Å². The summed E-state index contributed by atoms with van der Waals surface area (Å²) in [5, 5.41) is 13.3. The smallest absolute Gasteiger partial charge is 0.289 e. The Morgan fingerprint density at radius 3 is 2.35 bits per heavy atom. The summed E-state index contributed by atoms with van der Waals surface area (Å²) in [6, 6.07) is 0.463. The fourth-order valence-electron chi connectivity index (χ4n) is 6.37. The second-order valence-electron chi connectivity index (χ2n) is 16.0. The number of ether oxygens (including phenoxy) is 1. The van der Waals surface area contributed by atoms with Crippen LogP contribution in [0.3, 0.4) is 0 Å². The lowest BCUT2D eigenvalue weighted by Crippen LogP contribution is -2.59. The van der Waals surface area contributed by atoms with Gasteiger partial charge >= 0.3 is 0 Å². The van der Waals surface area contributed by atoms with Crippen LogP contribution in [0.5, 0.6) is 5.75 Å². The molecule has 270 valence electrons. The number of nitrogens with zero attached hydrogens (tertiary/aromatic N) is 2. The number of hydrogen-bond acceptors (Lipinski definition) is 8. The molecule has 0 radical (unpaired) electrons. The first kappa shape index (κ1) is 38.1. The van der Waals surface area contributed by atoms with Crippen molar-refractivity contribution < 1.29 is 33.5 Å². The highest BCUT2D eigenvalue weighted by atomic mass is 35.5. The van der Waals surface area contributed by atoms with Crippen molar-refractivity contribution in [3.05, 3.63) is 28.3 Å². The number of halogens is 1. The second kappa shape index (κ2) is 14.7. The van der Waals surface area contributed by atoms with Gasteiger partial charge in [0.2, 0.25) is 23.5 Å². The highest BCUT2D eigenvalue weighted by Gasteiger charge is 2.56. The quantitative estimate of drug-likeness (QED) is 0.276. The summed E-state index contributed by atoms with van der Waals surface area (Å²) in [7, 11) is 1.54. The third kappa shape index (κ3) is 9.32. The van der Waals surface area contributed by atoms with Crippen molar-refractivity contribution in [1.29, 1.82) is 0 Å². The molecular formula is C36H52ClN5O7. The van der Waals surface area contributed by atoms with E-state index in [1.165, 1.54) is 12.0 Å². The number of oxime groups is 1. The Morgan fingerprint density at radius 1 is 1.10 bits per heavy atom. The highest BCUT2D eigenvalue weighted by molar-refractivity contribution is 6.38. The minimum atomic E-state index is -1.06. The van der Waals surface area contributed by atoms with Crippen LogP contribution in [0, 0.1) is 17.8 Å². The number of Topliss-reactive ketones (excluding diaryl/α,β-unsaturated/α-hetero) is 1. The summed E-state index contributed by atoms with van der Waals surface area (Å²) in [4.78, 5) is 75.2. The van der Waals surface area contributed by atoms with Gasteiger partial charge in [0.1, 0.15) is 17.8 Å². The second-order valence-corrected chi connectivity index (χ2v) is 16.4. The first-order valence-electron chi connectivity index (χ1n) is 17.1. The third-order valence-corrected chi connectivity index (χ3v) is 9.39. The number of ketones is 1. The molecular weight excluding hydrogens is 650 g/mol. The van der Waals surface area contributed by atoms with Crippen LogP contribution < -0.4 is 20.7 Å². The van der Waals surface area contributed by atoms with E-state index in [0.717, 1.165) is 24.0 Å². The fourth-order valence-corrected chi connectivity index (χ4v) is 6.61. The van der Waals surface area contributed by atoms with Crippen LogP contribution in [0.25, 0.3) is 0 Å². The van der Waals surface area contributed by atoms with Gasteiger partial charge in [-0.3, -0.25) is 24.0 Å². The summed E-state index contributed by atoms with van der Waals surface area (Å²) in [6.07, 6.45) is 2.99. The van der Waals surface area contributed by atoms with Crippen molar-refractivity contribution in [3.8, 4) is 5.75 Å². The zero-order valence-corrected chi connectivity index (χ0v) is 31.0. The van der Waals surface area contributed by atoms with E-state index < -0.39 is 52.6 Å². The molecule has 0 aromatic heterocycles. The molecule has 4 atom stereocenters. The van der Waals surface area contributed by atoms with Gasteiger partial charge in [0.25, 0.3) is 5.91 Å². The molecule has 4 rings (SSSR count). The lowest BCUT2D eigenvalue weighted by atomic mass is 9.84. The first-order valence-corrected chi connectivity index (χ1v) is 17.5. The number of hydrogen-bond donors (Lipinski definition) is 3. The van der Waals surface area contributed by atoms with Crippen molar-refractivity contribution in [3.63, 3.8) is 0 Å². The van der Waals surface area contributed by atoms with Crippen LogP contribution in [0.2, 0.25) is 5.02 Å². The molecule has 3 aliphatic rings. The zero-order chi connectivity index (χ0) is 36.5. The van der Waals surface area contributed by atoms with Gasteiger partial charge in [0.05, 0.1) is 30.4 Å². The van der Waals surface area contributed by atoms with Crippen molar-refractivity contribution in [2.45, 2.75) is 130 Å². The molecule has 2 fully saturated rings. The van der Waals surface area contributed by atoms with Crippen LogP contribution in [0.1, 0.15) is 105 Å². The van der Waals surface area contributed by atoms with Crippen molar-refractivity contribution in [2.75, 3.05) is 13.7 Å². The SMILES string of the molecule is CCC[C@H](NC(=O)[C@@H]1C[C@]2(CC(c3cc(Cl)c(OC)cc3C)=NO2)CN1C(=O)[C@@H](NC(=O)CC(C)(C)C)C(C)(C)C)C(=O)C(=O)NC1CC1. The number of aryl methyl sites for hydroxylation is 1. The van der Waals surface area contributed by atoms with Crippen LogP contribution >= 0.6 is 11.6 Å². The molecule has 1 saturated carbocycles. The maximum absolute atomic E-state index is 14.5. The molecule has 2 aliphatic heterocycles. The summed E-state index contributed by atoms with van der Waals surface area (Å²) < 4.78 is 5.35. The van der Waals surface area contributed by atoms with Gasteiger partial charge in [-0.25, -0.2) is 0 Å². The standard InChI is InChI=1S/C36H52ClN5O7/c1-10-11-24(29(44)32(46)38-21-12-13-21)39-31(45)26-17-36(16-25(41-49-36)22-15-23(37)27(48-9)14-20(22)2)19-42(26)33(47)30(35(6,7)8)40-28(43)18-34(3,4)5/h14-15,21,24,26,30H,10-13,16-19H2,1-9H3,(H,38,46)(H,39,45)(H,40,43)/t24-,26-,30+,36+/m0/s1. The van der Waals surface area contributed by atoms with Gasteiger partial charge in [-0.05, 0) is 54.7 Å². The molecule has 1 aromatic carbocycles. The van der Waals surface area contributed by atoms with Crippen LogP contribution in [0.4, 0.5) is 0 Å². The average Bonchev–Trinajstić information content (AvgIpc) is 3.60. The summed E-state index contributed by atoms with van der Waals surface area (Å²) >= 11 is 6.46. The molecule has 12 nitrogen and oxygen atoms in total. The van der Waals surface area contributed by atoms with Crippen LogP contribution in [-0.4, -0.2) is 83.4 Å². The highest BCUT2D eigenvalue weighted by Crippen LogP contribution is 2.41. The van der Waals surface area contributed by atoms with E-state index >= 15 is 0 Å². The molecule has 0 bridgehead atoms. The number of likely N-dealkylation sites (tertiary alicyclic amines) is 1. The number of nitrogens with one attached hydrogen (secondary N) is 3. The van der Waals surface area contributed by atoms with E-state index in [4.69, 9.17) is 21.2 Å². The molecule has 1 saturated heterocycles. The summed E-state index contributed by atoms with van der Waals surface area (Å²) in [5.74, 6) is -2.22. The van der Waals surface area contributed by atoms with Crippen molar-refractivity contribution in [1.82, 2.24) is 20.9 Å². The number of rotatable bonds is 12. The predicted octanol–water partition coefficient (Wildman–Crippen LogP) is 4.22. The molecule has 1 aliphatic carbocycles. The molecule has 3 N–H and O–H groups in total. The molecule has 49 heavy (non-hydrogen) atoms. The minimum absolute atomic E-state index is 0.0101. The maximum atomic E-state index is 14.5. The molecule has 1 aromatic rings. The van der Waals surface area contributed by atoms with Gasteiger partial charge in [-0.2, -0.15) is 0 Å². The number of benzene rings is 1. The third-order valence-electron chi connectivity index (χ3n) is 9.09. The van der Waals surface area contributed by atoms with Gasteiger partial charge < -0.3 is 30.4 Å². The van der Waals surface area contributed by atoms with Crippen molar-refractivity contribution >= 4 is 46.7 Å². The molecule has 13 heteroatoms. The topological polar surface area (TPSA) is 156 Å². The van der Waals surface area contributed by atoms with Gasteiger partial charge in [-0.15, -0.1) is 0 Å². The lowest BCUT2D eigenvalue weighted by Gasteiger charge is -2.36. The molecule has 4 amide bonds. The van der Waals surface area contributed by atoms with E-state index in [-0.39, 0.29) is 49.6 Å². The maximum Gasteiger partial charge on any atom is 0.289 e. The number of methoxy groups -OCH3 is 1. The molecule has 1 spiro atoms. The molecule has 0 unspecified atom stereocenters. The Kier molecular flexibility index (Phi) is 11.4. The number of amides is 4. The fraction of sp³-hybridized carbons (Fsp3) is 0.667. The molecule has 2 heterocycles. The predicted molar refractivity (Wildman–Crippen MR) is 186 cm³/mol. The van der Waals surface area contributed by atoms with E-state index in [0.29, 0.717) is 22.9 Å². The summed E-state index contributed by atoms with van der Waals surface area (Å²) in [6.45, 7) is 15.2. The Hall–Kier alpha value is -3.67. The summed E-state index contributed by atoms with van der Waals surface area (Å²) in [5.41, 5.74) is 0.148. The van der Waals surface area contributed by atoms with Gasteiger partial charge in [-0.1, -0.05) is 71.6 Å². The number of carbonyl (C=O) groups is 5. The lowest BCUT2D eigenvalue weighted by molar-refractivity contribution is -0.145. The van der Waals surface area contributed by atoms with Crippen molar-refractivity contribution in [2.24, 2.45) is 16.0 Å². The zero-order valence-electron chi connectivity index (χ0n) is 30.3. The minimum Gasteiger partial charge on any atom is -0.495 e. The van der Waals surface area contributed by atoms with E-state index in [1.54, 1.807) is 6.07 Å². The Balaban J connectivity index is 1.64. The van der Waals surface area contributed by atoms with Gasteiger partial charge in [0, 0.05) is 30.9 Å². The largest absolute Gasteiger partial charge is 0.495 e. The van der Waals surface area contributed by atoms with Gasteiger partial charge in [0.15, 0.2) is 5.60 Å². The van der Waals surface area contributed by atoms with Crippen LogP contribution in [-0.2, 0) is 28.8 Å².